The maximum atomic E-state index is 6.27. The molecule has 4 heteroatoms. The Kier molecular flexibility index (Phi) is 2.85. The first-order chi connectivity index (χ1) is 11.9. The zero-order chi connectivity index (χ0) is 17.4. The predicted molar refractivity (Wildman–Crippen MR) is 102 cm³/mol. The van der Waals surface area contributed by atoms with Crippen LogP contribution in [0.1, 0.15) is 27.7 Å². The Labute approximate surface area is 148 Å². The molecule has 5 rings (SSSR count). The maximum Gasteiger partial charge on any atom is 0.497 e. The molecule has 3 aromatic rings. The van der Waals surface area contributed by atoms with Crippen molar-refractivity contribution < 1.29 is 9.31 Å². The highest BCUT2D eigenvalue weighted by atomic mass is 16.7. The number of pyridine rings is 1. The summed E-state index contributed by atoms with van der Waals surface area (Å²) in [7, 11) is -0.398. The molecule has 124 valence electrons. The minimum absolute atomic E-state index is 0.358. The molecule has 0 amide bonds. The number of nitrogens with zero attached hydrogens (tertiary/aromatic N) is 1. The van der Waals surface area contributed by atoms with E-state index in [-0.39, 0.29) is 11.2 Å². The standard InChI is InChI=1S/C21H20BNO2/c1-20(2)21(3,4)25-22(24-20)17-10-9-15-13-7-5-6-8-14(13)16-11-12-23-19(17)18(15)16/h5-12H,1-4H3. The Hall–Kier alpha value is -2.17. The van der Waals surface area contributed by atoms with Gasteiger partial charge in [0.1, 0.15) is 0 Å². The molecular weight excluding hydrogens is 309 g/mol. The summed E-state index contributed by atoms with van der Waals surface area (Å²) in [5.41, 5.74) is 6.30. The molecule has 2 heterocycles. The van der Waals surface area contributed by atoms with Gasteiger partial charge in [-0.3, -0.25) is 4.98 Å². The zero-order valence-electron chi connectivity index (χ0n) is 15.0. The van der Waals surface area contributed by atoms with Gasteiger partial charge >= 0.3 is 7.12 Å². The third-order valence-electron chi connectivity index (χ3n) is 5.94. The van der Waals surface area contributed by atoms with E-state index in [0.717, 1.165) is 11.0 Å². The number of aromatic nitrogens is 1. The Balaban J connectivity index is 1.73. The van der Waals surface area contributed by atoms with E-state index in [0.29, 0.717) is 0 Å². The van der Waals surface area contributed by atoms with Crippen LogP contribution in [0.3, 0.4) is 0 Å². The quantitative estimate of drug-likeness (QED) is 0.491. The van der Waals surface area contributed by atoms with Gasteiger partial charge in [0.25, 0.3) is 0 Å². The Morgan fingerprint density at radius 3 is 2.00 bits per heavy atom. The van der Waals surface area contributed by atoms with E-state index < -0.39 is 7.12 Å². The van der Waals surface area contributed by atoms with Crippen molar-refractivity contribution in [3.05, 3.63) is 48.7 Å². The maximum absolute atomic E-state index is 6.27. The number of hydrogen-bond donors (Lipinski definition) is 0. The Morgan fingerprint density at radius 2 is 1.36 bits per heavy atom. The average Bonchev–Trinajstić information content (AvgIpc) is 3.01. The highest BCUT2D eigenvalue weighted by Gasteiger charge is 2.52. The van der Waals surface area contributed by atoms with Crippen LogP contribution in [0.5, 0.6) is 0 Å². The smallest absolute Gasteiger partial charge is 0.399 e. The molecule has 3 nitrogen and oxygen atoms in total. The molecule has 1 saturated heterocycles. The minimum atomic E-state index is -0.398. The van der Waals surface area contributed by atoms with Crippen LogP contribution in [0.15, 0.2) is 48.7 Å². The summed E-state index contributed by atoms with van der Waals surface area (Å²) in [6.45, 7) is 8.32. The van der Waals surface area contributed by atoms with Gasteiger partial charge < -0.3 is 9.31 Å². The topological polar surface area (TPSA) is 31.4 Å². The summed E-state index contributed by atoms with van der Waals surface area (Å²) >= 11 is 0. The molecule has 0 bridgehead atoms. The van der Waals surface area contributed by atoms with Gasteiger partial charge in [0, 0.05) is 17.0 Å². The molecule has 1 fully saturated rings. The number of rotatable bonds is 1. The zero-order valence-corrected chi connectivity index (χ0v) is 15.0. The van der Waals surface area contributed by atoms with Crippen LogP contribution in [0, 0.1) is 0 Å². The summed E-state index contributed by atoms with van der Waals surface area (Å²) < 4.78 is 12.5. The summed E-state index contributed by atoms with van der Waals surface area (Å²) in [5, 5.41) is 1.20. The van der Waals surface area contributed by atoms with E-state index in [1.807, 2.05) is 6.20 Å². The van der Waals surface area contributed by atoms with Gasteiger partial charge in [0.05, 0.1) is 16.7 Å². The molecule has 1 aliphatic carbocycles. The second-order valence-corrected chi connectivity index (χ2v) is 7.92. The van der Waals surface area contributed by atoms with Crippen molar-refractivity contribution in [1.82, 2.24) is 4.98 Å². The second-order valence-electron chi connectivity index (χ2n) is 7.92. The molecule has 1 aliphatic heterocycles. The SMILES string of the molecule is CC1(C)OB(c2ccc3c4c(ccnc24)-c2ccccc2-3)OC1(C)C. The monoisotopic (exact) mass is 329 g/mol. The lowest BCUT2D eigenvalue weighted by molar-refractivity contribution is 0.00578. The van der Waals surface area contributed by atoms with Gasteiger partial charge in [0.2, 0.25) is 0 Å². The van der Waals surface area contributed by atoms with E-state index in [1.165, 1.54) is 27.6 Å². The molecule has 0 atom stereocenters. The van der Waals surface area contributed by atoms with Crippen LogP contribution >= 0.6 is 0 Å². The summed E-state index contributed by atoms with van der Waals surface area (Å²) in [6, 6.07) is 14.9. The van der Waals surface area contributed by atoms with Crippen molar-refractivity contribution in [2.75, 3.05) is 0 Å². The normalized spacial score (nSPS) is 19.4. The predicted octanol–water partition coefficient (Wildman–Crippen LogP) is 4.18. The molecule has 0 N–H and O–H groups in total. The van der Waals surface area contributed by atoms with Crippen molar-refractivity contribution in [3.8, 4) is 22.3 Å². The third kappa shape index (κ3) is 1.92. The number of fused-ring (bicyclic) bond motifs is 3. The van der Waals surface area contributed by atoms with Crippen LogP contribution < -0.4 is 5.46 Å². The van der Waals surface area contributed by atoms with E-state index >= 15 is 0 Å². The fraction of sp³-hybridized carbons (Fsp3) is 0.286. The summed E-state index contributed by atoms with van der Waals surface area (Å²) in [6.07, 6.45) is 1.89. The fourth-order valence-corrected chi connectivity index (χ4v) is 3.85. The molecule has 0 radical (unpaired) electrons. The first-order valence-corrected chi connectivity index (χ1v) is 8.76. The third-order valence-corrected chi connectivity index (χ3v) is 5.94. The summed E-state index contributed by atoms with van der Waals surface area (Å²) in [4.78, 5) is 4.71. The molecule has 0 saturated carbocycles. The highest BCUT2D eigenvalue weighted by Crippen LogP contribution is 2.46. The van der Waals surface area contributed by atoms with Gasteiger partial charge in [-0.15, -0.1) is 0 Å². The van der Waals surface area contributed by atoms with Crippen molar-refractivity contribution in [2.24, 2.45) is 0 Å². The second kappa shape index (κ2) is 4.72. The van der Waals surface area contributed by atoms with E-state index in [2.05, 4.69) is 70.2 Å². The summed E-state index contributed by atoms with van der Waals surface area (Å²) in [5.74, 6) is 0. The van der Waals surface area contributed by atoms with Gasteiger partial charge in [0.15, 0.2) is 0 Å². The largest absolute Gasteiger partial charge is 0.497 e. The van der Waals surface area contributed by atoms with Crippen molar-refractivity contribution >= 4 is 23.5 Å². The van der Waals surface area contributed by atoms with Gasteiger partial charge in [-0.05, 0) is 56.0 Å². The Morgan fingerprint density at radius 1 is 0.760 bits per heavy atom. The van der Waals surface area contributed by atoms with Crippen LogP contribution in [0.25, 0.3) is 33.2 Å². The highest BCUT2D eigenvalue weighted by molar-refractivity contribution is 6.65. The molecule has 0 unspecified atom stereocenters. The lowest BCUT2D eigenvalue weighted by Gasteiger charge is -2.32. The average molecular weight is 329 g/mol. The molecular formula is C21H20BNO2. The molecule has 0 spiro atoms. The lowest BCUT2D eigenvalue weighted by atomic mass is 9.77. The van der Waals surface area contributed by atoms with Crippen molar-refractivity contribution in [1.29, 1.82) is 0 Å². The van der Waals surface area contributed by atoms with Crippen LogP contribution in [0.2, 0.25) is 0 Å². The first-order valence-electron chi connectivity index (χ1n) is 8.76. The van der Waals surface area contributed by atoms with Gasteiger partial charge in [-0.1, -0.05) is 36.4 Å². The minimum Gasteiger partial charge on any atom is -0.399 e. The van der Waals surface area contributed by atoms with E-state index in [4.69, 9.17) is 14.3 Å². The van der Waals surface area contributed by atoms with E-state index in [1.54, 1.807) is 0 Å². The van der Waals surface area contributed by atoms with Crippen molar-refractivity contribution in [3.63, 3.8) is 0 Å². The number of benzene rings is 2. The molecule has 1 aromatic heterocycles. The van der Waals surface area contributed by atoms with Gasteiger partial charge in [-0.2, -0.15) is 0 Å². The van der Waals surface area contributed by atoms with Crippen LogP contribution in [-0.4, -0.2) is 23.3 Å². The van der Waals surface area contributed by atoms with Crippen LogP contribution in [0.4, 0.5) is 0 Å². The first kappa shape index (κ1) is 15.1. The molecule has 2 aromatic carbocycles. The molecule has 2 aliphatic rings. The van der Waals surface area contributed by atoms with Crippen molar-refractivity contribution in [2.45, 2.75) is 38.9 Å². The number of hydrogen-bond acceptors (Lipinski definition) is 3. The van der Waals surface area contributed by atoms with Gasteiger partial charge in [-0.25, -0.2) is 0 Å². The van der Waals surface area contributed by atoms with Crippen LogP contribution in [-0.2, 0) is 9.31 Å². The lowest BCUT2D eigenvalue weighted by Crippen LogP contribution is -2.41. The fourth-order valence-electron chi connectivity index (χ4n) is 3.85. The van der Waals surface area contributed by atoms with E-state index in [9.17, 15) is 0 Å². The molecule has 25 heavy (non-hydrogen) atoms. The Bertz CT molecular complexity index is 980.